The number of nitrogen functional groups attached to an aromatic ring is 1. The number of rotatable bonds is 1. The van der Waals surface area contributed by atoms with Crippen molar-refractivity contribution in [3.05, 3.63) is 59.2 Å². The van der Waals surface area contributed by atoms with Crippen LogP contribution in [0, 0.1) is 4.64 Å². The molecule has 3 nitrogen and oxygen atoms in total. The lowest BCUT2D eigenvalue weighted by atomic mass is 10.2. The fraction of sp³-hybridized carbons (Fsp3) is 0. The van der Waals surface area contributed by atoms with Crippen LogP contribution in [0.2, 0.25) is 0 Å². The van der Waals surface area contributed by atoms with Gasteiger partial charge in [0, 0.05) is 10.9 Å². The molecule has 2 aromatic carbocycles. The Hall–Kier alpha value is -2.20. The van der Waals surface area contributed by atoms with Crippen molar-refractivity contribution in [2.75, 3.05) is 5.84 Å². The molecule has 2 N–H and O–H groups in total. The van der Waals surface area contributed by atoms with E-state index < -0.39 is 0 Å². The lowest BCUT2D eigenvalue weighted by molar-refractivity contribution is 0.954. The molecule has 0 radical (unpaired) electrons. The van der Waals surface area contributed by atoms with Crippen LogP contribution in [0.3, 0.4) is 0 Å². The maximum atomic E-state index is 6.03. The summed E-state index contributed by atoms with van der Waals surface area (Å²) in [6.45, 7) is 0. The largest absolute Gasteiger partial charge is 0.336 e. The number of hydrogen-bond donors (Lipinski definition) is 1. The molecule has 0 unspecified atom stereocenters. The number of benzene rings is 2. The van der Waals surface area contributed by atoms with E-state index in [1.165, 1.54) is 4.68 Å². The maximum Gasteiger partial charge on any atom is 0.160 e. The molecule has 0 amide bonds. The zero-order valence-corrected chi connectivity index (χ0v) is 10.4. The van der Waals surface area contributed by atoms with Crippen LogP contribution in [0.5, 0.6) is 0 Å². The van der Waals surface area contributed by atoms with Crippen LogP contribution in [0.4, 0.5) is 0 Å². The second-order valence-electron chi connectivity index (χ2n) is 3.99. The Morgan fingerprint density at radius 2 is 1.61 bits per heavy atom. The Morgan fingerprint density at radius 3 is 2.39 bits per heavy atom. The number of nitrogens with zero attached hydrogens (tertiary/aromatic N) is 2. The van der Waals surface area contributed by atoms with Crippen LogP contribution < -0.4 is 5.84 Å². The summed E-state index contributed by atoms with van der Waals surface area (Å²) in [7, 11) is 0. The minimum absolute atomic E-state index is 0.597. The van der Waals surface area contributed by atoms with Crippen LogP contribution in [-0.2, 0) is 0 Å². The topological polar surface area (TPSA) is 43.8 Å². The second-order valence-corrected chi connectivity index (χ2v) is 4.38. The fourth-order valence-corrected chi connectivity index (χ4v) is 2.20. The molecule has 0 fully saturated rings. The summed E-state index contributed by atoms with van der Waals surface area (Å²) in [4.78, 5) is 4.58. The number of para-hydroxylation sites is 1. The average molecular weight is 253 g/mol. The summed E-state index contributed by atoms with van der Waals surface area (Å²) in [5.41, 5.74) is 1.82. The Morgan fingerprint density at radius 1 is 0.944 bits per heavy atom. The van der Waals surface area contributed by atoms with E-state index in [9.17, 15) is 0 Å². The molecule has 0 atom stereocenters. The van der Waals surface area contributed by atoms with Crippen molar-refractivity contribution in [2.45, 2.75) is 0 Å². The van der Waals surface area contributed by atoms with Crippen LogP contribution in [-0.4, -0.2) is 9.66 Å². The van der Waals surface area contributed by atoms with Gasteiger partial charge in [0.2, 0.25) is 0 Å². The normalized spacial score (nSPS) is 10.7. The summed E-state index contributed by atoms with van der Waals surface area (Å²) in [6, 6.07) is 17.6. The highest BCUT2D eigenvalue weighted by Gasteiger charge is 2.07. The molecule has 0 aliphatic rings. The van der Waals surface area contributed by atoms with Crippen LogP contribution in [0.15, 0.2) is 54.6 Å². The first kappa shape index (κ1) is 10.9. The summed E-state index contributed by atoms with van der Waals surface area (Å²) >= 11 is 5.38. The van der Waals surface area contributed by atoms with Gasteiger partial charge >= 0.3 is 0 Å². The predicted octanol–water partition coefficient (Wildman–Crippen LogP) is 3.15. The van der Waals surface area contributed by atoms with Gasteiger partial charge in [-0.15, -0.1) is 0 Å². The number of nitrogens with two attached hydrogens (primary N) is 1. The lowest BCUT2D eigenvalue weighted by Crippen LogP contribution is -2.15. The third-order valence-electron chi connectivity index (χ3n) is 2.84. The molecule has 0 saturated heterocycles. The van der Waals surface area contributed by atoms with Crippen LogP contribution >= 0.6 is 12.2 Å². The minimum Gasteiger partial charge on any atom is -0.336 e. The zero-order valence-electron chi connectivity index (χ0n) is 9.58. The van der Waals surface area contributed by atoms with E-state index in [0.717, 1.165) is 16.5 Å². The zero-order chi connectivity index (χ0) is 12.5. The molecule has 0 aliphatic heterocycles. The number of fused-ring (bicyclic) bond motifs is 1. The van der Waals surface area contributed by atoms with Gasteiger partial charge in [-0.25, -0.2) is 9.66 Å². The monoisotopic (exact) mass is 253 g/mol. The van der Waals surface area contributed by atoms with Crippen LogP contribution in [0.1, 0.15) is 0 Å². The Balaban J connectivity index is 2.38. The SMILES string of the molecule is Nn1c(-c2ccccc2)nc2ccccc2c1=S. The second kappa shape index (κ2) is 4.23. The van der Waals surface area contributed by atoms with E-state index in [4.69, 9.17) is 18.1 Å². The number of aromatic nitrogens is 2. The first-order valence-corrected chi connectivity index (χ1v) is 6.00. The molecule has 1 aromatic heterocycles. The van der Waals surface area contributed by atoms with Gasteiger partial charge in [-0.1, -0.05) is 54.7 Å². The summed E-state index contributed by atoms with van der Waals surface area (Å²) in [5.74, 6) is 6.71. The van der Waals surface area contributed by atoms with Crippen molar-refractivity contribution < 1.29 is 0 Å². The van der Waals surface area contributed by atoms with E-state index in [2.05, 4.69) is 4.98 Å². The summed E-state index contributed by atoms with van der Waals surface area (Å²) in [6.07, 6.45) is 0. The fourth-order valence-electron chi connectivity index (χ4n) is 1.94. The van der Waals surface area contributed by atoms with Crippen molar-refractivity contribution in [3.8, 4) is 11.4 Å². The molecule has 3 aromatic rings. The van der Waals surface area contributed by atoms with Gasteiger partial charge in [-0.2, -0.15) is 0 Å². The minimum atomic E-state index is 0.597. The van der Waals surface area contributed by atoms with Gasteiger partial charge in [0.15, 0.2) is 5.82 Å². The van der Waals surface area contributed by atoms with Gasteiger partial charge in [-0.3, -0.25) is 0 Å². The van der Waals surface area contributed by atoms with Gasteiger partial charge < -0.3 is 5.84 Å². The Bertz CT molecular complexity index is 763. The maximum absolute atomic E-state index is 6.03. The molecular weight excluding hydrogens is 242 g/mol. The number of hydrogen-bond acceptors (Lipinski definition) is 3. The molecule has 88 valence electrons. The van der Waals surface area contributed by atoms with E-state index in [1.807, 2.05) is 54.6 Å². The quantitative estimate of drug-likeness (QED) is 0.535. The molecular formula is C14H11N3S. The summed E-state index contributed by atoms with van der Waals surface area (Å²) < 4.78 is 2.06. The highest BCUT2D eigenvalue weighted by molar-refractivity contribution is 7.71. The Labute approximate surface area is 109 Å². The van der Waals surface area contributed by atoms with Crippen LogP contribution in [0.25, 0.3) is 22.3 Å². The first-order valence-electron chi connectivity index (χ1n) is 5.59. The molecule has 18 heavy (non-hydrogen) atoms. The smallest absolute Gasteiger partial charge is 0.160 e. The molecule has 0 saturated carbocycles. The van der Waals surface area contributed by atoms with Gasteiger partial charge in [0.25, 0.3) is 0 Å². The van der Waals surface area contributed by atoms with Crippen molar-refractivity contribution in [1.82, 2.24) is 9.66 Å². The van der Waals surface area contributed by atoms with E-state index in [1.54, 1.807) is 0 Å². The highest BCUT2D eigenvalue weighted by Crippen LogP contribution is 2.20. The summed E-state index contributed by atoms with van der Waals surface area (Å²) in [5, 5.41) is 0.898. The molecule has 1 heterocycles. The third-order valence-corrected chi connectivity index (χ3v) is 3.26. The average Bonchev–Trinajstić information content (AvgIpc) is 2.44. The van der Waals surface area contributed by atoms with Crippen molar-refractivity contribution in [3.63, 3.8) is 0 Å². The molecule has 0 aliphatic carbocycles. The van der Waals surface area contributed by atoms with Gasteiger partial charge in [-0.05, 0) is 12.1 Å². The van der Waals surface area contributed by atoms with E-state index >= 15 is 0 Å². The molecule has 3 rings (SSSR count). The van der Waals surface area contributed by atoms with Crippen molar-refractivity contribution in [1.29, 1.82) is 0 Å². The molecule has 4 heteroatoms. The van der Waals surface area contributed by atoms with E-state index in [-0.39, 0.29) is 0 Å². The highest BCUT2D eigenvalue weighted by atomic mass is 32.1. The van der Waals surface area contributed by atoms with Crippen molar-refractivity contribution in [2.24, 2.45) is 0 Å². The lowest BCUT2D eigenvalue weighted by Gasteiger charge is -2.10. The molecule has 0 spiro atoms. The first-order chi connectivity index (χ1) is 8.77. The molecule has 0 bridgehead atoms. The standard InChI is InChI=1S/C14H11N3S/c15-17-13(10-6-2-1-3-7-10)16-12-9-5-4-8-11(12)14(17)18/h1-9H,15H2. The van der Waals surface area contributed by atoms with Gasteiger partial charge in [0.05, 0.1) is 5.52 Å². The predicted molar refractivity (Wildman–Crippen MR) is 76.2 cm³/mol. The van der Waals surface area contributed by atoms with E-state index in [0.29, 0.717) is 10.5 Å². The Kier molecular flexibility index (Phi) is 2.57. The third kappa shape index (κ3) is 1.67. The van der Waals surface area contributed by atoms with Crippen molar-refractivity contribution >= 4 is 23.1 Å². The van der Waals surface area contributed by atoms with Gasteiger partial charge in [0.1, 0.15) is 4.64 Å².